The van der Waals surface area contributed by atoms with Gasteiger partial charge in [-0.2, -0.15) is 0 Å². The predicted molar refractivity (Wildman–Crippen MR) is 291 cm³/mol. The Labute approximate surface area is 439 Å². The molecule has 0 aromatic heterocycles. The van der Waals surface area contributed by atoms with Crippen molar-refractivity contribution < 1.29 is 47.5 Å². The lowest BCUT2D eigenvalue weighted by atomic mass is 9.77. The van der Waals surface area contributed by atoms with Crippen LogP contribution in [0.2, 0.25) is 0 Å². The molecule has 0 bridgehead atoms. The fourth-order valence-corrected chi connectivity index (χ4v) is 10.2. The van der Waals surface area contributed by atoms with Crippen LogP contribution in [0.1, 0.15) is 177 Å². The van der Waals surface area contributed by atoms with Gasteiger partial charge in [-0.1, -0.05) is 101 Å². The van der Waals surface area contributed by atoms with Gasteiger partial charge in [0.2, 0.25) is 0 Å². The molecule has 10 nitrogen and oxygen atoms in total. The highest BCUT2D eigenvalue weighted by Crippen LogP contribution is 2.38. The molecule has 3 fully saturated rings. The van der Waals surface area contributed by atoms with Gasteiger partial charge in [0.25, 0.3) is 0 Å². The minimum atomic E-state index is -0.390. The molecule has 0 heterocycles. The zero-order chi connectivity index (χ0) is 51.9. The van der Waals surface area contributed by atoms with E-state index >= 15 is 0 Å². The van der Waals surface area contributed by atoms with Crippen molar-refractivity contribution in [1.29, 1.82) is 0 Å². The second-order valence-corrected chi connectivity index (χ2v) is 20.9. The van der Waals surface area contributed by atoms with Gasteiger partial charge in [-0.3, -0.25) is 4.79 Å². The molecular weight excluding hydrogens is 917 g/mol. The van der Waals surface area contributed by atoms with Gasteiger partial charge in [0.15, 0.2) is 0 Å². The van der Waals surface area contributed by atoms with Crippen molar-refractivity contribution in [2.45, 2.75) is 181 Å². The van der Waals surface area contributed by atoms with Gasteiger partial charge in [-0.25, -0.2) is 9.59 Å². The van der Waals surface area contributed by atoms with Crippen LogP contribution in [-0.2, 0) is 57.7 Å². The number of carbonyl (C=O) groups is 3. The molecule has 3 aliphatic rings. The van der Waals surface area contributed by atoms with E-state index in [0.29, 0.717) is 57.1 Å². The first kappa shape index (κ1) is 59.0. The first-order valence-electron chi connectivity index (χ1n) is 28.1. The number of hydrogen-bond acceptors (Lipinski definition) is 10. The van der Waals surface area contributed by atoms with Crippen molar-refractivity contribution in [2.24, 2.45) is 23.7 Å². The molecule has 0 radical (unpaired) electrons. The summed E-state index contributed by atoms with van der Waals surface area (Å²) in [5.74, 6) is 4.01. The minimum Gasteiger partial charge on any atom is -0.493 e. The molecule has 0 N–H and O–H groups in total. The minimum absolute atomic E-state index is 0.0245. The van der Waals surface area contributed by atoms with E-state index in [1.807, 2.05) is 12.1 Å². The Kier molecular flexibility index (Phi) is 27.9. The van der Waals surface area contributed by atoms with E-state index in [2.05, 4.69) is 87.7 Å². The molecule has 73 heavy (non-hydrogen) atoms. The Bertz CT molecular complexity index is 2000. The number of esters is 3. The average Bonchev–Trinajstić information content (AvgIpc) is 3.42. The van der Waals surface area contributed by atoms with Crippen LogP contribution in [0.4, 0.5) is 0 Å². The van der Waals surface area contributed by atoms with Crippen molar-refractivity contribution >= 4 is 17.9 Å². The molecule has 0 aliphatic heterocycles. The molecular formula is C63H90O10. The molecule has 0 unspecified atom stereocenters. The van der Waals surface area contributed by atoms with E-state index in [1.165, 1.54) is 87.8 Å². The highest BCUT2D eigenvalue weighted by molar-refractivity contribution is 5.86. The van der Waals surface area contributed by atoms with Gasteiger partial charge < -0.3 is 33.2 Å². The van der Waals surface area contributed by atoms with Gasteiger partial charge in [0.1, 0.15) is 24.7 Å². The lowest BCUT2D eigenvalue weighted by molar-refractivity contribution is -0.151. The lowest BCUT2D eigenvalue weighted by Crippen LogP contribution is -2.27. The number of carbonyl (C=O) groups excluding carboxylic acids is 3. The van der Waals surface area contributed by atoms with Crippen LogP contribution in [0.3, 0.4) is 0 Å². The van der Waals surface area contributed by atoms with Crippen molar-refractivity contribution in [3.8, 4) is 11.5 Å². The van der Waals surface area contributed by atoms with Crippen LogP contribution in [0.25, 0.3) is 0 Å². The van der Waals surface area contributed by atoms with Gasteiger partial charge in [0, 0.05) is 18.3 Å². The first-order chi connectivity index (χ1) is 35.6. The molecule has 3 aromatic carbocycles. The second kappa shape index (κ2) is 34.5. The van der Waals surface area contributed by atoms with E-state index < -0.39 is 5.97 Å². The van der Waals surface area contributed by atoms with Gasteiger partial charge in [0.05, 0.1) is 45.1 Å². The number of aryl methyl sites for hydroxylation is 1. The fourth-order valence-electron chi connectivity index (χ4n) is 10.2. The van der Waals surface area contributed by atoms with E-state index in [0.717, 1.165) is 112 Å². The highest BCUT2D eigenvalue weighted by atomic mass is 16.6. The summed E-state index contributed by atoms with van der Waals surface area (Å²) >= 11 is 0. The second-order valence-electron chi connectivity index (χ2n) is 20.9. The van der Waals surface area contributed by atoms with Crippen LogP contribution >= 0.6 is 0 Å². The van der Waals surface area contributed by atoms with Gasteiger partial charge >= 0.3 is 17.9 Å². The van der Waals surface area contributed by atoms with Crippen molar-refractivity contribution in [2.75, 3.05) is 39.6 Å². The third kappa shape index (κ3) is 23.4. The van der Waals surface area contributed by atoms with Crippen LogP contribution in [0.15, 0.2) is 97.6 Å². The van der Waals surface area contributed by atoms with E-state index in [4.69, 9.17) is 33.2 Å². The summed E-state index contributed by atoms with van der Waals surface area (Å²) in [6, 6.07) is 25.7. The summed E-state index contributed by atoms with van der Waals surface area (Å²) in [7, 11) is 0. The summed E-state index contributed by atoms with van der Waals surface area (Å²) in [6.45, 7) is 17.4. The van der Waals surface area contributed by atoms with Crippen molar-refractivity contribution in [1.82, 2.24) is 0 Å². The molecule has 0 atom stereocenters. The maximum atomic E-state index is 12.4. The van der Waals surface area contributed by atoms with Gasteiger partial charge in [-0.15, -0.1) is 0 Å². The Morgan fingerprint density at radius 1 is 0.562 bits per heavy atom. The fraction of sp³-hybridized carbons (Fsp3) is 0.603. The molecule has 0 spiro atoms. The molecule has 0 saturated heterocycles. The molecule has 0 amide bonds. The topological polar surface area (TPSA) is 116 Å². The number of unbranched alkanes of at least 4 members (excludes halogenated alkanes) is 4. The monoisotopic (exact) mass is 1010 g/mol. The van der Waals surface area contributed by atoms with Gasteiger partial charge in [-0.05, 0) is 186 Å². The average molecular weight is 1010 g/mol. The first-order valence-corrected chi connectivity index (χ1v) is 28.1. The van der Waals surface area contributed by atoms with Crippen molar-refractivity contribution in [3.05, 3.63) is 120 Å². The van der Waals surface area contributed by atoms with Crippen LogP contribution in [0, 0.1) is 23.7 Å². The number of hydrogen-bond donors (Lipinski definition) is 0. The Balaban J connectivity index is 0.000000276. The summed E-state index contributed by atoms with van der Waals surface area (Å²) < 4.78 is 39.4. The summed E-state index contributed by atoms with van der Waals surface area (Å²) in [4.78, 5) is 34.8. The standard InChI is InChI=1S/C34H46O6.C29H44O4/c1-4-9-27-14-18-31(19-15-27)39-24-28-10-12-29(13-11-28)25-40-32-20-16-30(17-21-32)34(36)38-23-8-6-5-7-22-37-33(35)26(2)3;1-3-5-6-23-11-13-26(14-12-23)27-15-17-28(18-16-27)33-22-25-9-7-24(8-10-25)21-31-19-20-32-29(30)4-2/h10-15,18-19,30,32H,2,4-9,16-17,20-25H2,1,3H3;4,15-18,23-26H,2-3,5-14,19-22H2,1H3. The Hall–Kier alpha value is -4.93. The van der Waals surface area contributed by atoms with Crippen molar-refractivity contribution in [3.63, 3.8) is 0 Å². The maximum Gasteiger partial charge on any atom is 0.333 e. The number of rotatable bonds is 30. The quantitative estimate of drug-likeness (QED) is 0.0277. The third-order valence-corrected chi connectivity index (χ3v) is 14.9. The number of benzene rings is 3. The molecule has 3 aliphatic carbocycles. The Morgan fingerprint density at radius 2 is 1.14 bits per heavy atom. The van der Waals surface area contributed by atoms with E-state index in [1.54, 1.807) is 6.92 Å². The summed E-state index contributed by atoms with van der Waals surface area (Å²) in [6.07, 6.45) is 24.9. The molecule has 402 valence electrons. The highest BCUT2D eigenvalue weighted by Gasteiger charge is 2.28. The molecule has 3 aromatic rings. The SMILES string of the molecule is C=C(C)C(=O)OCCCCCCOC(=O)C1CCC(OCc2ccc(COc3ccc(CCC)cc3)cc2)CC1.C=CC(=O)OCCOCC1CCC(COc2ccc(C3CCC(CCCC)CC3)cc2)CC1. The number of ether oxygens (including phenoxy) is 7. The van der Waals surface area contributed by atoms with Crippen LogP contribution in [0.5, 0.6) is 11.5 Å². The third-order valence-electron chi connectivity index (χ3n) is 14.9. The summed E-state index contributed by atoms with van der Waals surface area (Å²) in [5, 5.41) is 0. The molecule has 6 rings (SSSR count). The smallest absolute Gasteiger partial charge is 0.333 e. The van der Waals surface area contributed by atoms with E-state index in [-0.39, 0.29) is 24.0 Å². The maximum absolute atomic E-state index is 12.4. The normalized spacial score (nSPS) is 20.6. The van der Waals surface area contributed by atoms with Crippen LogP contribution < -0.4 is 9.47 Å². The lowest BCUT2D eigenvalue weighted by Gasteiger charge is -2.29. The predicted octanol–water partition coefficient (Wildman–Crippen LogP) is 14.6. The zero-order valence-electron chi connectivity index (χ0n) is 45.0. The van der Waals surface area contributed by atoms with E-state index in [9.17, 15) is 14.4 Å². The molecule has 10 heteroatoms. The largest absolute Gasteiger partial charge is 0.493 e. The van der Waals surface area contributed by atoms with Crippen LogP contribution in [-0.4, -0.2) is 63.7 Å². The molecule has 3 saturated carbocycles. The summed E-state index contributed by atoms with van der Waals surface area (Å²) in [5.41, 5.74) is 5.53. The zero-order valence-corrected chi connectivity index (χ0v) is 45.0. The Morgan fingerprint density at radius 3 is 1.75 bits per heavy atom.